The highest BCUT2D eigenvalue weighted by molar-refractivity contribution is 5.85. The molecule has 1 amide bonds. The smallest absolute Gasteiger partial charge is 0.311 e. The lowest BCUT2D eigenvalue weighted by molar-refractivity contribution is -0.158. The van der Waals surface area contributed by atoms with E-state index in [1.54, 1.807) is 4.90 Å². The molecular formula is C15H26N2O4. The second-order valence-electron chi connectivity index (χ2n) is 6.70. The van der Waals surface area contributed by atoms with Crippen LogP contribution in [0.2, 0.25) is 0 Å². The highest BCUT2D eigenvalue weighted by Crippen LogP contribution is 2.38. The Morgan fingerprint density at radius 2 is 2.19 bits per heavy atom. The third-order valence-corrected chi connectivity index (χ3v) is 5.05. The second-order valence-corrected chi connectivity index (χ2v) is 6.70. The molecule has 6 nitrogen and oxygen atoms in total. The summed E-state index contributed by atoms with van der Waals surface area (Å²) in [6.45, 7) is 5.40. The molecule has 6 heteroatoms. The van der Waals surface area contributed by atoms with Crippen molar-refractivity contribution < 1.29 is 19.4 Å². The van der Waals surface area contributed by atoms with Gasteiger partial charge in [0.25, 0.3) is 0 Å². The Labute approximate surface area is 125 Å². The van der Waals surface area contributed by atoms with Crippen LogP contribution in [0.1, 0.15) is 39.5 Å². The number of ether oxygens (including phenoxy) is 1. The Morgan fingerprint density at radius 1 is 1.48 bits per heavy atom. The molecule has 0 aromatic heterocycles. The molecule has 21 heavy (non-hydrogen) atoms. The van der Waals surface area contributed by atoms with Crippen LogP contribution in [0.4, 0.5) is 0 Å². The maximum absolute atomic E-state index is 12.8. The fourth-order valence-corrected chi connectivity index (χ4v) is 3.54. The summed E-state index contributed by atoms with van der Waals surface area (Å²) in [7, 11) is 0. The summed E-state index contributed by atoms with van der Waals surface area (Å²) in [6, 6.07) is -0.322. The standard InChI is InChI=1S/C15H26N2O4/c1-3-5-15(13(19)20)6-4-7-17(9-15)12(18)14(2)10-21-8-11(14)16/h11H,3-10,16H2,1-2H3,(H,19,20). The molecule has 120 valence electrons. The van der Waals surface area contributed by atoms with E-state index in [9.17, 15) is 14.7 Å². The summed E-state index contributed by atoms with van der Waals surface area (Å²) in [5.74, 6) is -0.854. The van der Waals surface area contributed by atoms with Crippen LogP contribution >= 0.6 is 0 Å². The van der Waals surface area contributed by atoms with Gasteiger partial charge in [-0.05, 0) is 26.2 Å². The topological polar surface area (TPSA) is 92.9 Å². The van der Waals surface area contributed by atoms with Crippen LogP contribution in [-0.2, 0) is 14.3 Å². The van der Waals surface area contributed by atoms with Crippen molar-refractivity contribution in [2.75, 3.05) is 26.3 Å². The predicted octanol–water partition coefficient (Wildman–Crippen LogP) is 0.844. The maximum atomic E-state index is 12.8. The number of amides is 1. The number of carboxylic acid groups (broad SMARTS) is 1. The molecule has 0 aliphatic carbocycles. The van der Waals surface area contributed by atoms with Crippen molar-refractivity contribution in [3.05, 3.63) is 0 Å². The van der Waals surface area contributed by atoms with Gasteiger partial charge in [0, 0.05) is 19.1 Å². The zero-order chi connectivity index (χ0) is 15.7. The van der Waals surface area contributed by atoms with Crippen LogP contribution in [0.3, 0.4) is 0 Å². The first-order valence-corrected chi connectivity index (χ1v) is 7.72. The second kappa shape index (κ2) is 5.93. The Kier molecular flexibility index (Phi) is 4.58. The van der Waals surface area contributed by atoms with E-state index in [0.29, 0.717) is 32.6 Å². The number of likely N-dealkylation sites (tertiary alicyclic amines) is 1. The zero-order valence-electron chi connectivity index (χ0n) is 12.9. The van der Waals surface area contributed by atoms with E-state index in [0.717, 1.165) is 12.8 Å². The van der Waals surface area contributed by atoms with Crippen molar-refractivity contribution in [2.45, 2.75) is 45.6 Å². The molecule has 2 aliphatic rings. The quantitative estimate of drug-likeness (QED) is 0.802. The average molecular weight is 298 g/mol. The number of carbonyl (C=O) groups is 2. The van der Waals surface area contributed by atoms with Crippen molar-refractivity contribution in [1.29, 1.82) is 0 Å². The Morgan fingerprint density at radius 3 is 2.71 bits per heavy atom. The lowest BCUT2D eigenvalue weighted by Crippen LogP contribution is -2.57. The van der Waals surface area contributed by atoms with E-state index < -0.39 is 16.8 Å². The minimum Gasteiger partial charge on any atom is -0.481 e. The van der Waals surface area contributed by atoms with Crippen LogP contribution in [0.5, 0.6) is 0 Å². The van der Waals surface area contributed by atoms with Crippen LogP contribution in [-0.4, -0.2) is 54.2 Å². The molecular weight excluding hydrogens is 272 g/mol. The monoisotopic (exact) mass is 298 g/mol. The first kappa shape index (κ1) is 16.2. The third-order valence-electron chi connectivity index (χ3n) is 5.05. The number of nitrogens with zero attached hydrogens (tertiary/aromatic N) is 1. The molecule has 0 radical (unpaired) electrons. The maximum Gasteiger partial charge on any atom is 0.311 e. The van der Waals surface area contributed by atoms with E-state index in [1.807, 2.05) is 13.8 Å². The summed E-state index contributed by atoms with van der Waals surface area (Å²) in [5.41, 5.74) is 4.49. The van der Waals surface area contributed by atoms with Gasteiger partial charge in [-0.2, -0.15) is 0 Å². The Bertz CT molecular complexity index is 424. The molecule has 0 saturated carbocycles. The van der Waals surface area contributed by atoms with E-state index in [2.05, 4.69) is 0 Å². The van der Waals surface area contributed by atoms with Crippen LogP contribution in [0, 0.1) is 10.8 Å². The van der Waals surface area contributed by atoms with Crippen LogP contribution < -0.4 is 5.73 Å². The highest BCUT2D eigenvalue weighted by atomic mass is 16.5. The Balaban J connectivity index is 2.17. The van der Waals surface area contributed by atoms with Gasteiger partial charge in [-0.3, -0.25) is 9.59 Å². The number of hydrogen-bond acceptors (Lipinski definition) is 4. The van der Waals surface area contributed by atoms with Gasteiger partial charge in [0.05, 0.1) is 24.0 Å². The van der Waals surface area contributed by atoms with Crippen LogP contribution in [0.25, 0.3) is 0 Å². The van der Waals surface area contributed by atoms with Crippen molar-refractivity contribution in [1.82, 2.24) is 4.90 Å². The van der Waals surface area contributed by atoms with Crippen molar-refractivity contribution >= 4 is 11.9 Å². The predicted molar refractivity (Wildman–Crippen MR) is 77.7 cm³/mol. The molecule has 2 fully saturated rings. The van der Waals surface area contributed by atoms with Gasteiger partial charge < -0.3 is 20.5 Å². The summed E-state index contributed by atoms with van der Waals surface area (Å²) in [4.78, 5) is 26.2. The number of hydrogen-bond donors (Lipinski definition) is 2. The van der Waals surface area contributed by atoms with Gasteiger partial charge >= 0.3 is 5.97 Å². The van der Waals surface area contributed by atoms with Crippen molar-refractivity contribution in [2.24, 2.45) is 16.6 Å². The largest absolute Gasteiger partial charge is 0.481 e. The van der Waals surface area contributed by atoms with Gasteiger partial charge in [-0.25, -0.2) is 0 Å². The molecule has 3 unspecified atom stereocenters. The fourth-order valence-electron chi connectivity index (χ4n) is 3.54. The number of carboxylic acids is 1. The summed E-state index contributed by atoms with van der Waals surface area (Å²) in [5, 5.41) is 9.61. The normalized spacial score (nSPS) is 36.7. The molecule has 0 aromatic carbocycles. The van der Waals surface area contributed by atoms with Gasteiger partial charge in [-0.1, -0.05) is 13.3 Å². The molecule has 2 heterocycles. The molecule has 2 rings (SSSR count). The molecule has 0 aromatic rings. The highest BCUT2D eigenvalue weighted by Gasteiger charge is 2.50. The molecule has 3 N–H and O–H groups in total. The Hall–Kier alpha value is -1.14. The van der Waals surface area contributed by atoms with Crippen molar-refractivity contribution in [3.8, 4) is 0 Å². The molecule has 0 bridgehead atoms. The fraction of sp³-hybridized carbons (Fsp3) is 0.867. The van der Waals surface area contributed by atoms with Gasteiger partial charge in [0.2, 0.25) is 5.91 Å². The van der Waals surface area contributed by atoms with E-state index in [-0.39, 0.29) is 18.5 Å². The summed E-state index contributed by atoms with van der Waals surface area (Å²) in [6.07, 6.45) is 2.77. The summed E-state index contributed by atoms with van der Waals surface area (Å²) < 4.78 is 5.34. The van der Waals surface area contributed by atoms with E-state index in [1.165, 1.54) is 0 Å². The number of carbonyl (C=O) groups excluding carboxylic acids is 1. The molecule has 0 spiro atoms. The lowest BCUT2D eigenvalue weighted by atomic mass is 9.75. The minimum atomic E-state index is -0.803. The number of nitrogens with two attached hydrogens (primary N) is 1. The van der Waals surface area contributed by atoms with Gasteiger partial charge in [0.1, 0.15) is 0 Å². The summed E-state index contributed by atoms with van der Waals surface area (Å²) >= 11 is 0. The molecule has 2 saturated heterocycles. The zero-order valence-corrected chi connectivity index (χ0v) is 12.9. The third kappa shape index (κ3) is 2.79. The number of piperidine rings is 1. The molecule has 3 atom stereocenters. The van der Waals surface area contributed by atoms with Crippen molar-refractivity contribution in [3.63, 3.8) is 0 Å². The van der Waals surface area contributed by atoms with E-state index >= 15 is 0 Å². The van der Waals surface area contributed by atoms with Gasteiger partial charge in [-0.15, -0.1) is 0 Å². The number of rotatable bonds is 4. The number of aliphatic carboxylic acids is 1. The van der Waals surface area contributed by atoms with Gasteiger partial charge in [0.15, 0.2) is 0 Å². The molecule has 2 aliphatic heterocycles. The first-order chi connectivity index (χ1) is 9.85. The van der Waals surface area contributed by atoms with E-state index in [4.69, 9.17) is 10.5 Å². The lowest BCUT2D eigenvalue weighted by Gasteiger charge is -2.43. The minimum absolute atomic E-state index is 0.0612. The SMILES string of the molecule is CCCC1(C(=O)O)CCCN(C(=O)C2(C)COCC2N)C1. The first-order valence-electron chi connectivity index (χ1n) is 7.72. The van der Waals surface area contributed by atoms with Crippen LogP contribution in [0.15, 0.2) is 0 Å². The average Bonchev–Trinajstić information content (AvgIpc) is 2.79.